The number of alkyl halides is 3. The summed E-state index contributed by atoms with van der Waals surface area (Å²) >= 11 is 0. The van der Waals surface area contributed by atoms with Gasteiger partial charge < -0.3 is 15.0 Å². The SMILES string of the molecule is CCC(O)(CC)CNC(=O)Cn1c(C(F)(F)F)nc2ccccc21. The first-order chi connectivity index (χ1) is 11.2. The minimum Gasteiger partial charge on any atom is -0.388 e. The molecule has 132 valence electrons. The summed E-state index contributed by atoms with van der Waals surface area (Å²) in [6.07, 6.45) is -3.79. The van der Waals surface area contributed by atoms with Crippen LogP contribution in [-0.4, -0.2) is 32.7 Å². The van der Waals surface area contributed by atoms with Crippen LogP contribution < -0.4 is 5.32 Å². The standard InChI is InChI=1S/C16H20F3N3O2/c1-3-15(24,4-2)10-20-13(23)9-22-12-8-6-5-7-11(12)21-14(22)16(17,18)19/h5-8,24H,3-4,9-10H2,1-2H3,(H,20,23). The van der Waals surface area contributed by atoms with Crippen LogP contribution in [0.25, 0.3) is 11.0 Å². The van der Waals surface area contributed by atoms with Gasteiger partial charge in [-0.1, -0.05) is 26.0 Å². The van der Waals surface area contributed by atoms with E-state index in [1.54, 1.807) is 26.0 Å². The summed E-state index contributed by atoms with van der Waals surface area (Å²) in [4.78, 5) is 15.7. The van der Waals surface area contributed by atoms with Crippen LogP contribution >= 0.6 is 0 Å². The molecule has 0 aliphatic heterocycles. The Morgan fingerprint density at radius 2 is 1.88 bits per heavy atom. The average molecular weight is 343 g/mol. The number of nitrogens with zero attached hydrogens (tertiary/aromatic N) is 2. The van der Waals surface area contributed by atoms with Gasteiger partial charge in [0.15, 0.2) is 0 Å². The van der Waals surface area contributed by atoms with Crippen molar-refractivity contribution in [2.45, 2.75) is 45.0 Å². The number of carbonyl (C=O) groups excluding carboxylic acids is 1. The lowest BCUT2D eigenvalue weighted by atomic mass is 9.98. The van der Waals surface area contributed by atoms with Gasteiger partial charge in [0, 0.05) is 6.54 Å². The van der Waals surface area contributed by atoms with Crippen LogP contribution in [0.2, 0.25) is 0 Å². The number of carbonyl (C=O) groups is 1. The normalized spacial score (nSPS) is 12.6. The molecule has 1 amide bonds. The van der Waals surface area contributed by atoms with Crippen LogP contribution in [0.4, 0.5) is 13.2 Å². The number of imidazole rings is 1. The zero-order valence-corrected chi connectivity index (χ0v) is 13.5. The Bertz CT molecular complexity index is 721. The number of hydrogen-bond acceptors (Lipinski definition) is 3. The summed E-state index contributed by atoms with van der Waals surface area (Å²) < 4.78 is 40.3. The van der Waals surface area contributed by atoms with Gasteiger partial charge in [-0.3, -0.25) is 4.79 Å². The van der Waals surface area contributed by atoms with Crippen molar-refractivity contribution in [2.75, 3.05) is 6.54 Å². The maximum absolute atomic E-state index is 13.2. The number of rotatable bonds is 6. The number of hydrogen-bond donors (Lipinski definition) is 2. The quantitative estimate of drug-likeness (QED) is 0.847. The fourth-order valence-electron chi connectivity index (χ4n) is 2.41. The zero-order valence-electron chi connectivity index (χ0n) is 13.5. The van der Waals surface area contributed by atoms with E-state index >= 15 is 0 Å². The Morgan fingerprint density at radius 1 is 1.25 bits per heavy atom. The highest BCUT2D eigenvalue weighted by molar-refractivity contribution is 5.81. The molecule has 0 spiro atoms. The number of para-hydroxylation sites is 2. The van der Waals surface area contributed by atoms with Crippen LogP contribution in [0.1, 0.15) is 32.5 Å². The van der Waals surface area contributed by atoms with Crippen molar-refractivity contribution >= 4 is 16.9 Å². The van der Waals surface area contributed by atoms with E-state index in [4.69, 9.17) is 0 Å². The number of halogens is 3. The van der Waals surface area contributed by atoms with Gasteiger partial charge in [-0.25, -0.2) is 4.98 Å². The molecular weight excluding hydrogens is 323 g/mol. The van der Waals surface area contributed by atoms with Crippen LogP contribution in [0.15, 0.2) is 24.3 Å². The van der Waals surface area contributed by atoms with Crippen LogP contribution in [0, 0.1) is 0 Å². The molecule has 1 heterocycles. The highest BCUT2D eigenvalue weighted by atomic mass is 19.4. The second-order valence-corrected chi connectivity index (χ2v) is 5.72. The third-order valence-electron chi connectivity index (χ3n) is 4.14. The molecule has 0 saturated heterocycles. The van der Waals surface area contributed by atoms with Gasteiger partial charge in [0.05, 0.1) is 16.6 Å². The van der Waals surface area contributed by atoms with Crippen molar-refractivity contribution < 1.29 is 23.1 Å². The number of fused-ring (bicyclic) bond motifs is 1. The van der Waals surface area contributed by atoms with Crippen molar-refractivity contribution in [3.63, 3.8) is 0 Å². The summed E-state index contributed by atoms with van der Waals surface area (Å²) in [5, 5.41) is 12.6. The van der Waals surface area contributed by atoms with Gasteiger partial charge in [-0.15, -0.1) is 0 Å². The molecule has 5 nitrogen and oxygen atoms in total. The molecule has 0 unspecified atom stereocenters. The maximum atomic E-state index is 13.2. The third kappa shape index (κ3) is 3.87. The highest BCUT2D eigenvalue weighted by Gasteiger charge is 2.38. The predicted octanol–water partition coefficient (Wildman–Crippen LogP) is 2.72. The smallest absolute Gasteiger partial charge is 0.388 e. The van der Waals surface area contributed by atoms with Gasteiger partial charge in [-0.05, 0) is 25.0 Å². The van der Waals surface area contributed by atoms with Gasteiger partial charge >= 0.3 is 6.18 Å². The van der Waals surface area contributed by atoms with Crippen molar-refractivity contribution in [3.05, 3.63) is 30.1 Å². The summed E-state index contributed by atoms with van der Waals surface area (Å²) in [7, 11) is 0. The first-order valence-electron chi connectivity index (χ1n) is 7.71. The van der Waals surface area contributed by atoms with E-state index in [0.717, 1.165) is 4.57 Å². The van der Waals surface area contributed by atoms with Crippen LogP contribution in [0.5, 0.6) is 0 Å². The Labute approximate surface area is 137 Å². The predicted molar refractivity (Wildman–Crippen MR) is 83.3 cm³/mol. The molecule has 0 bridgehead atoms. The molecule has 0 radical (unpaired) electrons. The van der Waals surface area contributed by atoms with Gasteiger partial charge in [0.25, 0.3) is 0 Å². The van der Waals surface area contributed by atoms with Crippen LogP contribution in [0.3, 0.4) is 0 Å². The van der Waals surface area contributed by atoms with E-state index < -0.39 is 30.1 Å². The molecule has 0 saturated carbocycles. The molecule has 24 heavy (non-hydrogen) atoms. The van der Waals surface area contributed by atoms with E-state index in [-0.39, 0.29) is 17.6 Å². The average Bonchev–Trinajstić information content (AvgIpc) is 2.92. The first kappa shape index (κ1) is 18.3. The summed E-state index contributed by atoms with van der Waals surface area (Å²) in [6.45, 7) is 3.03. The molecule has 1 aromatic heterocycles. The Hall–Kier alpha value is -2.09. The van der Waals surface area contributed by atoms with E-state index in [9.17, 15) is 23.1 Å². The molecule has 0 aliphatic rings. The van der Waals surface area contributed by atoms with Crippen molar-refractivity contribution in [1.82, 2.24) is 14.9 Å². The van der Waals surface area contributed by atoms with E-state index in [1.807, 2.05) is 0 Å². The fraction of sp³-hybridized carbons (Fsp3) is 0.500. The molecule has 2 rings (SSSR count). The molecule has 2 N–H and O–H groups in total. The van der Waals surface area contributed by atoms with Gasteiger partial charge in [0.2, 0.25) is 11.7 Å². The number of amides is 1. The Morgan fingerprint density at radius 3 is 2.46 bits per heavy atom. The summed E-state index contributed by atoms with van der Waals surface area (Å²) in [5.74, 6) is -1.72. The molecule has 2 aromatic rings. The number of nitrogens with one attached hydrogen (secondary N) is 1. The maximum Gasteiger partial charge on any atom is 0.449 e. The van der Waals surface area contributed by atoms with Crippen molar-refractivity contribution in [2.24, 2.45) is 0 Å². The van der Waals surface area contributed by atoms with E-state index in [0.29, 0.717) is 12.8 Å². The molecule has 1 aromatic carbocycles. The number of aliphatic hydroxyl groups is 1. The van der Waals surface area contributed by atoms with Crippen molar-refractivity contribution in [1.29, 1.82) is 0 Å². The molecule has 0 aliphatic carbocycles. The molecule has 8 heteroatoms. The Balaban J connectivity index is 2.24. The van der Waals surface area contributed by atoms with Crippen LogP contribution in [-0.2, 0) is 17.5 Å². The molecule has 0 atom stereocenters. The lowest BCUT2D eigenvalue weighted by Gasteiger charge is -2.25. The molecule has 0 fully saturated rings. The second kappa shape index (κ2) is 6.80. The minimum atomic E-state index is -4.66. The number of benzene rings is 1. The van der Waals surface area contributed by atoms with Gasteiger partial charge in [0.1, 0.15) is 6.54 Å². The number of aromatic nitrogens is 2. The monoisotopic (exact) mass is 343 g/mol. The van der Waals surface area contributed by atoms with E-state index in [2.05, 4.69) is 10.3 Å². The highest BCUT2D eigenvalue weighted by Crippen LogP contribution is 2.31. The fourth-order valence-corrected chi connectivity index (χ4v) is 2.41. The van der Waals surface area contributed by atoms with E-state index in [1.165, 1.54) is 12.1 Å². The largest absolute Gasteiger partial charge is 0.449 e. The third-order valence-corrected chi connectivity index (χ3v) is 4.14. The van der Waals surface area contributed by atoms with Gasteiger partial charge in [-0.2, -0.15) is 13.2 Å². The second-order valence-electron chi connectivity index (χ2n) is 5.72. The summed E-state index contributed by atoms with van der Waals surface area (Å²) in [5.41, 5.74) is -0.642. The Kier molecular flexibility index (Phi) is 5.17. The van der Waals surface area contributed by atoms with Crippen molar-refractivity contribution in [3.8, 4) is 0 Å². The summed E-state index contributed by atoms with van der Waals surface area (Å²) in [6, 6.07) is 6.12. The minimum absolute atomic E-state index is 0.00713. The molecular formula is C16H20F3N3O2. The topological polar surface area (TPSA) is 67.2 Å². The lowest BCUT2D eigenvalue weighted by molar-refractivity contribution is -0.147. The zero-order chi connectivity index (χ0) is 18.0. The lowest BCUT2D eigenvalue weighted by Crippen LogP contribution is -2.43. The first-order valence-corrected chi connectivity index (χ1v) is 7.71.